The number of allylic oxidation sites excluding steroid dienone is 3. The van der Waals surface area contributed by atoms with Gasteiger partial charge in [0.1, 0.15) is 0 Å². The summed E-state index contributed by atoms with van der Waals surface area (Å²) in [4.78, 5) is 4.16. The lowest BCUT2D eigenvalue weighted by Gasteiger charge is -2.00. The van der Waals surface area contributed by atoms with Crippen LogP contribution in [0.25, 0.3) is 0 Å². The number of rotatable bonds is 4. The fourth-order valence-electron chi connectivity index (χ4n) is 0.742. The summed E-state index contributed by atoms with van der Waals surface area (Å²) in [5, 5.41) is 0. The van der Waals surface area contributed by atoms with Gasteiger partial charge in [-0.05, 0) is 18.9 Å². The molecule has 0 heterocycles. The molecule has 11 heavy (non-hydrogen) atoms. The highest BCUT2D eigenvalue weighted by Gasteiger charge is 2.37. The van der Waals surface area contributed by atoms with Gasteiger partial charge in [-0.3, -0.25) is 4.99 Å². The van der Waals surface area contributed by atoms with E-state index in [0.29, 0.717) is 0 Å². The Kier molecular flexibility index (Phi) is 2.60. The Hall–Kier alpha value is -0.890. The highest BCUT2D eigenvalue weighted by molar-refractivity contribution is 5.71. The van der Waals surface area contributed by atoms with Crippen molar-refractivity contribution in [2.45, 2.75) is 18.4 Å². The first-order valence-electron chi connectivity index (χ1n) is 3.83. The van der Waals surface area contributed by atoms with Crippen LogP contribution in [-0.4, -0.2) is 18.3 Å². The minimum atomic E-state index is 0.0402. The Labute approximate surface area is 67.5 Å². The normalized spacial score (nSPS) is 21.2. The SMILES string of the molecule is C=C/C=C\C=N/CC1(N)CC1. The maximum absolute atomic E-state index is 5.80. The predicted octanol–water partition coefficient (Wildman–Crippen LogP) is 1.29. The van der Waals surface area contributed by atoms with Crippen LogP contribution in [0.2, 0.25) is 0 Å². The maximum Gasteiger partial charge on any atom is 0.0569 e. The largest absolute Gasteiger partial charge is 0.324 e. The smallest absolute Gasteiger partial charge is 0.0569 e. The monoisotopic (exact) mass is 150 g/mol. The van der Waals surface area contributed by atoms with E-state index in [4.69, 9.17) is 5.73 Å². The molecule has 1 aliphatic rings. The van der Waals surface area contributed by atoms with Gasteiger partial charge in [0.15, 0.2) is 0 Å². The number of nitrogens with zero attached hydrogens (tertiary/aromatic N) is 1. The van der Waals surface area contributed by atoms with Crippen LogP contribution in [0, 0.1) is 0 Å². The van der Waals surface area contributed by atoms with Gasteiger partial charge in [-0.1, -0.05) is 18.7 Å². The lowest BCUT2D eigenvalue weighted by Crippen LogP contribution is -2.25. The molecule has 0 spiro atoms. The molecule has 60 valence electrons. The van der Waals surface area contributed by atoms with Crippen LogP contribution in [0.15, 0.2) is 29.8 Å². The topological polar surface area (TPSA) is 38.4 Å². The van der Waals surface area contributed by atoms with Gasteiger partial charge in [-0.25, -0.2) is 0 Å². The highest BCUT2D eigenvalue weighted by atomic mass is 14.9. The van der Waals surface area contributed by atoms with Gasteiger partial charge >= 0.3 is 0 Å². The van der Waals surface area contributed by atoms with Crippen molar-refractivity contribution in [1.82, 2.24) is 0 Å². The number of hydrogen-bond acceptors (Lipinski definition) is 2. The van der Waals surface area contributed by atoms with E-state index >= 15 is 0 Å². The summed E-state index contributed by atoms with van der Waals surface area (Å²) in [7, 11) is 0. The quantitative estimate of drug-likeness (QED) is 0.476. The van der Waals surface area contributed by atoms with E-state index in [1.807, 2.05) is 12.2 Å². The third kappa shape index (κ3) is 3.14. The summed E-state index contributed by atoms with van der Waals surface area (Å²) in [5.41, 5.74) is 5.84. The molecule has 2 heteroatoms. The molecule has 0 bridgehead atoms. The maximum atomic E-state index is 5.80. The molecule has 0 amide bonds. The fraction of sp³-hybridized carbons (Fsp3) is 0.444. The first-order valence-corrected chi connectivity index (χ1v) is 3.83. The van der Waals surface area contributed by atoms with Crippen LogP contribution in [-0.2, 0) is 0 Å². The van der Waals surface area contributed by atoms with E-state index < -0.39 is 0 Å². The molecule has 1 saturated carbocycles. The highest BCUT2D eigenvalue weighted by Crippen LogP contribution is 2.31. The summed E-state index contributed by atoms with van der Waals surface area (Å²) in [5.74, 6) is 0. The van der Waals surface area contributed by atoms with Crippen molar-refractivity contribution in [2.75, 3.05) is 6.54 Å². The van der Waals surface area contributed by atoms with E-state index in [2.05, 4.69) is 11.6 Å². The van der Waals surface area contributed by atoms with E-state index in [9.17, 15) is 0 Å². The molecule has 0 aromatic heterocycles. The molecule has 0 aromatic rings. The van der Waals surface area contributed by atoms with E-state index in [0.717, 1.165) is 19.4 Å². The average molecular weight is 150 g/mol. The summed E-state index contributed by atoms with van der Waals surface area (Å²) in [6.45, 7) is 4.30. The van der Waals surface area contributed by atoms with Gasteiger partial charge in [0.05, 0.1) is 6.54 Å². The Morgan fingerprint density at radius 2 is 2.18 bits per heavy atom. The molecular weight excluding hydrogens is 136 g/mol. The van der Waals surface area contributed by atoms with Crippen molar-refractivity contribution in [3.05, 3.63) is 24.8 Å². The van der Waals surface area contributed by atoms with E-state index in [1.165, 1.54) is 0 Å². The van der Waals surface area contributed by atoms with Gasteiger partial charge in [0, 0.05) is 11.8 Å². The summed E-state index contributed by atoms with van der Waals surface area (Å²) >= 11 is 0. The third-order valence-electron chi connectivity index (χ3n) is 1.74. The molecule has 0 radical (unpaired) electrons. The predicted molar refractivity (Wildman–Crippen MR) is 48.8 cm³/mol. The lowest BCUT2D eigenvalue weighted by atomic mass is 10.3. The molecule has 0 aromatic carbocycles. The van der Waals surface area contributed by atoms with Crippen LogP contribution in [0.1, 0.15) is 12.8 Å². The molecule has 1 fully saturated rings. The van der Waals surface area contributed by atoms with Crippen molar-refractivity contribution in [3.63, 3.8) is 0 Å². The molecule has 2 N–H and O–H groups in total. The van der Waals surface area contributed by atoms with Crippen LogP contribution in [0.5, 0.6) is 0 Å². The average Bonchev–Trinajstić information content (AvgIpc) is 2.69. The molecule has 1 aliphatic carbocycles. The number of aliphatic imine (C=N–C) groups is 1. The van der Waals surface area contributed by atoms with Crippen molar-refractivity contribution in [1.29, 1.82) is 0 Å². The molecule has 0 saturated heterocycles. The van der Waals surface area contributed by atoms with Gasteiger partial charge < -0.3 is 5.73 Å². The second kappa shape index (κ2) is 3.49. The van der Waals surface area contributed by atoms with E-state index in [-0.39, 0.29) is 5.54 Å². The van der Waals surface area contributed by atoms with Crippen molar-refractivity contribution in [2.24, 2.45) is 10.7 Å². The summed E-state index contributed by atoms with van der Waals surface area (Å²) in [6.07, 6.45) is 9.44. The van der Waals surface area contributed by atoms with Crippen LogP contribution < -0.4 is 5.73 Å². The first kappa shape index (κ1) is 8.21. The molecule has 0 unspecified atom stereocenters. The Morgan fingerprint density at radius 1 is 1.45 bits per heavy atom. The van der Waals surface area contributed by atoms with Gasteiger partial charge in [0.2, 0.25) is 0 Å². The molecule has 0 aliphatic heterocycles. The van der Waals surface area contributed by atoms with Crippen molar-refractivity contribution in [3.8, 4) is 0 Å². The minimum absolute atomic E-state index is 0.0402. The standard InChI is InChI=1S/C9H14N2/c1-2-3-4-7-11-8-9(10)5-6-9/h2-4,7H,1,5-6,8,10H2/b4-3-,11-7-. The minimum Gasteiger partial charge on any atom is -0.324 e. The van der Waals surface area contributed by atoms with Crippen molar-refractivity contribution >= 4 is 6.21 Å². The Bertz CT molecular complexity index is 188. The van der Waals surface area contributed by atoms with Crippen LogP contribution in [0.4, 0.5) is 0 Å². The van der Waals surface area contributed by atoms with Gasteiger partial charge in [-0.2, -0.15) is 0 Å². The van der Waals surface area contributed by atoms with Gasteiger partial charge in [0.25, 0.3) is 0 Å². The summed E-state index contributed by atoms with van der Waals surface area (Å²) in [6, 6.07) is 0. The number of nitrogens with two attached hydrogens (primary N) is 1. The zero-order chi connectivity index (χ0) is 8.16. The third-order valence-corrected chi connectivity index (χ3v) is 1.74. The molecular formula is C9H14N2. The Morgan fingerprint density at radius 3 is 2.73 bits per heavy atom. The fourth-order valence-corrected chi connectivity index (χ4v) is 0.742. The van der Waals surface area contributed by atoms with Gasteiger partial charge in [-0.15, -0.1) is 0 Å². The lowest BCUT2D eigenvalue weighted by molar-refractivity contribution is 0.691. The van der Waals surface area contributed by atoms with Crippen molar-refractivity contribution < 1.29 is 0 Å². The Balaban J connectivity index is 2.15. The number of hydrogen-bond donors (Lipinski definition) is 1. The van der Waals surface area contributed by atoms with Crippen LogP contribution in [0.3, 0.4) is 0 Å². The zero-order valence-corrected chi connectivity index (χ0v) is 6.66. The second-order valence-electron chi connectivity index (χ2n) is 2.97. The zero-order valence-electron chi connectivity index (χ0n) is 6.66. The van der Waals surface area contributed by atoms with Crippen LogP contribution >= 0.6 is 0 Å². The first-order chi connectivity index (χ1) is 5.27. The molecule has 1 rings (SSSR count). The summed E-state index contributed by atoms with van der Waals surface area (Å²) < 4.78 is 0. The molecule has 2 nitrogen and oxygen atoms in total. The molecule has 0 atom stereocenters. The van der Waals surface area contributed by atoms with E-state index in [1.54, 1.807) is 12.3 Å². The second-order valence-corrected chi connectivity index (χ2v) is 2.97.